The van der Waals surface area contributed by atoms with Gasteiger partial charge in [-0.1, -0.05) is 18.7 Å². The molecular weight excluding hydrogens is 256 g/mol. The number of carbonyl (C=O) groups excluding carboxylic acids is 1. The van der Waals surface area contributed by atoms with Crippen LogP contribution in [0.1, 0.15) is 0 Å². The van der Waals surface area contributed by atoms with E-state index in [9.17, 15) is 9.59 Å². The van der Waals surface area contributed by atoms with Gasteiger partial charge in [0.25, 0.3) is 0 Å². The Morgan fingerprint density at radius 3 is 2.85 bits per heavy atom. The standard InChI is InChI=1S/C15H12N2O3/c1-2-3-6-14(18)17-12-7-8-13(20-15(12)19)11-5-4-9-16-10-11/h2-10H,1H2,(H,17,18)/b6-3+. The minimum absolute atomic E-state index is 0.0800. The highest BCUT2D eigenvalue weighted by atomic mass is 16.4. The van der Waals surface area contributed by atoms with E-state index >= 15 is 0 Å². The summed E-state index contributed by atoms with van der Waals surface area (Å²) in [6.07, 6.45) is 7.42. The summed E-state index contributed by atoms with van der Waals surface area (Å²) < 4.78 is 5.15. The third kappa shape index (κ3) is 3.29. The highest BCUT2D eigenvalue weighted by Crippen LogP contribution is 2.17. The number of nitrogens with zero attached hydrogens (tertiary/aromatic N) is 1. The van der Waals surface area contributed by atoms with Crippen LogP contribution in [-0.2, 0) is 4.79 Å². The van der Waals surface area contributed by atoms with Crippen LogP contribution in [0.3, 0.4) is 0 Å². The van der Waals surface area contributed by atoms with Crippen molar-refractivity contribution in [2.24, 2.45) is 0 Å². The fourth-order valence-corrected chi connectivity index (χ4v) is 1.50. The third-order valence-corrected chi connectivity index (χ3v) is 2.41. The molecule has 0 radical (unpaired) electrons. The number of hydrogen-bond acceptors (Lipinski definition) is 4. The SMILES string of the molecule is C=C/C=C/C(=O)Nc1ccc(-c2cccnc2)oc1=O. The van der Waals surface area contributed by atoms with Gasteiger partial charge in [0.05, 0.1) is 0 Å². The largest absolute Gasteiger partial charge is 0.421 e. The Morgan fingerprint density at radius 1 is 1.35 bits per heavy atom. The first-order chi connectivity index (χ1) is 9.70. The molecule has 2 aromatic rings. The molecule has 0 aliphatic rings. The highest BCUT2D eigenvalue weighted by Gasteiger charge is 2.07. The van der Waals surface area contributed by atoms with Crippen molar-refractivity contribution in [2.45, 2.75) is 0 Å². The molecule has 100 valence electrons. The zero-order valence-corrected chi connectivity index (χ0v) is 10.6. The van der Waals surface area contributed by atoms with Crippen LogP contribution in [0.25, 0.3) is 11.3 Å². The second-order valence-electron chi connectivity index (χ2n) is 3.83. The summed E-state index contributed by atoms with van der Waals surface area (Å²) in [6.45, 7) is 3.45. The molecular formula is C15H12N2O3. The molecule has 0 atom stereocenters. The van der Waals surface area contributed by atoms with Crippen molar-refractivity contribution in [3.8, 4) is 11.3 Å². The normalized spacial score (nSPS) is 10.4. The lowest BCUT2D eigenvalue weighted by Gasteiger charge is -2.02. The Balaban J connectivity index is 2.23. The molecule has 20 heavy (non-hydrogen) atoms. The summed E-state index contributed by atoms with van der Waals surface area (Å²) >= 11 is 0. The van der Waals surface area contributed by atoms with Crippen molar-refractivity contribution in [2.75, 3.05) is 5.32 Å². The number of rotatable bonds is 4. The van der Waals surface area contributed by atoms with Gasteiger partial charge in [0.2, 0.25) is 5.91 Å². The van der Waals surface area contributed by atoms with Crippen LogP contribution >= 0.6 is 0 Å². The van der Waals surface area contributed by atoms with E-state index in [-0.39, 0.29) is 5.69 Å². The van der Waals surface area contributed by atoms with Crippen LogP contribution in [0.4, 0.5) is 5.69 Å². The number of carbonyl (C=O) groups is 1. The summed E-state index contributed by atoms with van der Waals surface area (Å²) in [6, 6.07) is 6.61. The molecule has 0 aliphatic heterocycles. The number of nitrogens with one attached hydrogen (secondary N) is 1. The van der Waals surface area contributed by atoms with Crippen molar-refractivity contribution >= 4 is 11.6 Å². The first-order valence-corrected chi connectivity index (χ1v) is 5.85. The van der Waals surface area contributed by atoms with E-state index in [1.807, 2.05) is 0 Å². The van der Waals surface area contributed by atoms with E-state index in [1.54, 1.807) is 30.6 Å². The zero-order valence-electron chi connectivity index (χ0n) is 10.6. The van der Waals surface area contributed by atoms with E-state index in [4.69, 9.17) is 4.42 Å². The maximum absolute atomic E-state index is 11.8. The molecule has 0 saturated heterocycles. The van der Waals surface area contributed by atoms with E-state index in [0.29, 0.717) is 11.3 Å². The molecule has 1 amide bonds. The Hall–Kier alpha value is -2.95. The van der Waals surface area contributed by atoms with Gasteiger partial charge in [0.1, 0.15) is 11.4 Å². The Bertz CT molecular complexity index is 703. The lowest BCUT2D eigenvalue weighted by Crippen LogP contribution is -2.15. The van der Waals surface area contributed by atoms with Crippen LogP contribution in [-0.4, -0.2) is 10.9 Å². The Kier molecular flexibility index (Phi) is 4.24. The highest BCUT2D eigenvalue weighted by molar-refractivity contribution is 5.99. The lowest BCUT2D eigenvalue weighted by atomic mass is 10.2. The second-order valence-corrected chi connectivity index (χ2v) is 3.83. The molecule has 0 saturated carbocycles. The van der Waals surface area contributed by atoms with Gasteiger partial charge in [-0.05, 0) is 24.3 Å². The Morgan fingerprint density at radius 2 is 2.20 bits per heavy atom. The Labute approximate surface area is 115 Å². The average Bonchev–Trinajstić information content (AvgIpc) is 2.48. The van der Waals surface area contributed by atoms with Gasteiger partial charge in [0.15, 0.2) is 0 Å². The molecule has 5 nitrogen and oxygen atoms in total. The zero-order chi connectivity index (χ0) is 14.4. The molecule has 5 heteroatoms. The van der Waals surface area contributed by atoms with Crippen LogP contribution in [0, 0.1) is 0 Å². The van der Waals surface area contributed by atoms with Gasteiger partial charge in [-0.2, -0.15) is 0 Å². The molecule has 2 rings (SSSR count). The molecule has 2 aromatic heterocycles. The van der Waals surface area contributed by atoms with E-state index in [1.165, 1.54) is 24.3 Å². The quantitative estimate of drug-likeness (QED) is 0.682. The predicted molar refractivity (Wildman–Crippen MR) is 76.2 cm³/mol. The van der Waals surface area contributed by atoms with E-state index < -0.39 is 11.5 Å². The third-order valence-electron chi connectivity index (χ3n) is 2.41. The molecule has 0 unspecified atom stereocenters. The smallest absolute Gasteiger partial charge is 0.360 e. The monoisotopic (exact) mass is 268 g/mol. The number of hydrogen-bond donors (Lipinski definition) is 1. The van der Waals surface area contributed by atoms with Crippen LogP contribution in [0.15, 0.2) is 70.7 Å². The number of allylic oxidation sites excluding steroid dienone is 2. The van der Waals surface area contributed by atoms with Gasteiger partial charge in [-0.3, -0.25) is 9.78 Å². The van der Waals surface area contributed by atoms with Crippen molar-refractivity contribution in [1.82, 2.24) is 4.98 Å². The van der Waals surface area contributed by atoms with Gasteiger partial charge < -0.3 is 9.73 Å². The summed E-state index contributed by atoms with van der Waals surface area (Å²) in [5.41, 5.74) is 0.150. The summed E-state index contributed by atoms with van der Waals surface area (Å²) in [5.74, 6) is -0.0333. The van der Waals surface area contributed by atoms with Crippen molar-refractivity contribution in [1.29, 1.82) is 0 Å². The van der Waals surface area contributed by atoms with Gasteiger partial charge in [-0.15, -0.1) is 0 Å². The number of amides is 1. The summed E-state index contributed by atoms with van der Waals surface area (Å²) in [7, 11) is 0. The fourth-order valence-electron chi connectivity index (χ4n) is 1.50. The molecule has 1 N–H and O–H groups in total. The van der Waals surface area contributed by atoms with Crippen LogP contribution in [0.5, 0.6) is 0 Å². The minimum atomic E-state index is -0.619. The fraction of sp³-hybridized carbons (Fsp3) is 0. The van der Waals surface area contributed by atoms with Crippen molar-refractivity contribution in [3.63, 3.8) is 0 Å². The number of anilines is 1. The maximum Gasteiger partial charge on any atom is 0.360 e. The first-order valence-electron chi connectivity index (χ1n) is 5.85. The minimum Gasteiger partial charge on any atom is -0.421 e. The molecule has 0 spiro atoms. The first kappa shape index (κ1) is 13.5. The molecule has 2 heterocycles. The molecule has 0 fully saturated rings. The van der Waals surface area contributed by atoms with Gasteiger partial charge >= 0.3 is 5.63 Å². The van der Waals surface area contributed by atoms with Crippen LogP contribution in [0.2, 0.25) is 0 Å². The van der Waals surface area contributed by atoms with Crippen molar-refractivity contribution in [3.05, 3.63) is 71.9 Å². The average molecular weight is 268 g/mol. The lowest BCUT2D eigenvalue weighted by molar-refractivity contribution is -0.111. The molecule has 0 aliphatic carbocycles. The van der Waals surface area contributed by atoms with E-state index in [2.05, 4.69) is 16.9 Å². The second kappa shape index (κ2) is 6.29. The summed E-state index contributed by atoms with van der Waals surface area (Å²) in [4.78, 5) is 27.2. The summed E-state index contributed by atoms with van der Waals surface area (Å²) in [5, 5.41) is 2.43. The topological polar surface area (TPSA) is 72.2 Å². The van der Waals surface area contributed by atoms with Gasteiger partial charge in [0, 0.05) is 24.0 Å². The van der Waals surface area contributed by atoms with Crippen LogP contribution < -0.4 is 10.9 Å². The number of aromatic nitrogens is 1. The maximum atomic E-state index is 11.8. The van der Waals surface area contributed by atoms with E-state index in [0.717, 1.165) is 0 Å². The molecule has 0 aromatic carbocycles. The van der Waals surface area contributed by atoms with Crippen molar-refractivity contribution < 1.29 is 9.21 Å². The van der Waals surface area contributed by atoms with Gasteiger partial charge in [-0.25, -0.2) is 4.79 Å². The predicted octanol–water partition coefficient (Wildman–Crippen LogP) is 2.38. The molecule has 0 bridgehead atoms. The number of pyridine rings is 1.